The number of nitrogens with zero attached hydrogens (tertiary/aromatic N) is 2. The van der Waals surface area contributed by atoms with Crippen LogP contribution in [0, 0.1) is 0 Å². The molecule has 4 heteroatoms. The van der Waals surface area contributed by atoms with Gasteiger partial charge in [-0.3, -0.25) is 9.59 Å². The van der Waals surface area contributed by atoms with Gasteiger partial charge >= 0.3 is 0 Å². The number of aromatic nitrogens is 1. The second-order valence-corrected chi connectivity index (χ2v) is 9.67. The van der Waals surface area contributed by atoms with Crippen molar-refractivity contribution in [3.05, 3.63) is 76.6 Å². The molecule has 0 fully saturated rings. The highest BCUT2D eigenvalue weighted by molar-refractivity contribution is 6.09. The average molecular weight is 475 g/mol. The van der Waals surface area contributed by atoms with Crippen LogP contribution in [0.1, 0.15) is 103 Å². The summed E-state index contributed by atoms with van der Waals surface area (Å²) in [5.74, 6) is 0.0480. The number of benzene rings is 1. The lowest BCUT2D eigenvalue weighted by molar-refractivity contribution is 0.103. The van der Waals surface area contributed by atoms with Crippen LogP contribution in [0.2, 0.25) is 0 Å². The smallest absolute Gasteiger partial charge is 0.210 e. The van der Waals surface area contributed by atoms with E-state index in [1.807, 2.05) is 28.8 Å². The topological polar surface area (TPSA) is 41.8 Å². The molecule has 0 radical (unpaired) electrons. The molecule has 0 spiro atoms. The summed E-state index contributed by atoms with van der Waals surface area (Å²) in [6.45, 7) is 10.2. The van der Waals surface area contributed by atoms with Gasteiger partial charge in [0.2, 0.25) is 5.78 Å². The predicted molar refractivity (Wildman–Crippen MR) is 146 cm³/mol. The summed E-state index contributed by atoms with van der Waals surface area (Å²) in [6.07, 6.45) is 12.9. The van der Waals surface area contributed by atoms with Gasteiger partial charge in [0, 0.05) is 22.8 Å². The number of hydrogen-bond donors (Lipinski definition) is 0. The standard InChI is InChI=1S/C31H42N2O2/c1-4-7-12-28-23-29-22-26(24-34)17-21-33(29)30(28)31(35)27-15-13-25(14-16-27)11-10-20-32(18-8-5-2)19-9-6-3/h13-17,21-24H,4-12,18-20H2,1-3H3. The number of ketones is 1. The van der Waals surface area contributed by atoms with Gasteiger partial charge in [0.05, 0.1) is 5.69 Å². The molecule has 35 heavy (non-hydrogen) atoms. The lowest BCUT2D eigenvalue weighted by Gasteiger charge is -2.21. The Balaban J connectivity index is 1.71. The van der Waals surface area contributed by atoms with E-state index < -0.39 is 0 Å². The summed E-state index contributed by atoms with van der Waals surface area (Å²) in [7, 11) is 0. The lowest BCUT2D eigenvalue weighted by atomic mass is 10.00. The number of pyridine rings is 1. The Labute approximate surface area is 211 Å². The van der Waals surface area contributed by atoms with E-state index in [0.717, 1.165) is 67.3 Å². The maximum atomic E-state index is 13.6. The van der Waals surface area contributed by atoms with E-state index in [4.69, 9.17) is 0 Å². The molecule has 0 aliphatic rings. The summed E-state index contributed by atoms with van der Waals surface area (Å²) < 4.78 is 1.94. The first-order chi connectivity index (χ1) is 17.1. The molecule has 0 amide bonds. The van der Waals surface area contributed by atoms with Crippen molar-refractivity contribution in [2.75, 3.05) is 19.6 Å². The molecule has 3 rings (SSSR count). The highest BCUT2D eigenvalue weighted by Crippen LogP contribution is 2.23. The molecule has 3 aromatic rings. The number of aldehydes is 1. The van der Waals surface area contributed by atoms with E-state index >= 15 is 0 Å². The van der Waals surface area contributed by atoms with Crippen molar-refractivity contribution in [3.63, 3.8) is 0 Å². The van der Waals surface area contributed by atoms with Gasteiger partial charge < -0.3 is 9.30 Å². The van der Waals surface area contributed by atoms with E-state index in [2.05, 4.69) is 43.9 Å². The zero-order chi connectivity index (χ0) is 25.0. The normalized spacial score (nSPS) is 11.4. The Hall–Kier alpha value is -2.72. The fourth-order valence-corrected chi connectivity index (χ4v) is 4.70. The van der Waals surface area contributed by atoms with Crippen molar-refractivity contribution >= 4 is 17.6 Å². The molecule has 0 aliphatic carbocycles. The van der Waals surface area contributed by atoms with Crippen LogP contribution in [0.15, 0.2) is 48.7 Å². The summed E-state index contributed by atoms with van der Waals surface area (Å²) in [6, 6.07) is 13.9. The van der Waals surface area contributed by atoms with Crippen LogP contribution in [-0.4, -0.2) is 41.0 Å². The van der Waals surface area contributed by atoms with Gasteiger partial charge in [-0.15, -0.1) is 0 Å². The first kappa shape index (κ1) is 26.9. The zero-order valence-corrected chi connectivity index (χ0v) is 21.9. The summed E-state index contributed by atoms with van der Waals surface area (Å²) in [5, 5.41) is 0. The molecule has 0 saturated carbocycles. The third-order valence-corrected chi connectivity index (χ3v) is 6.84. The minimum absolute atomic E-state index is 0.0480. The summed E-state index contributed by atoms with van der Waals surface area (Å²) >= 11 is 0. The molecule has 188 valence electrons. The van der Waals surface area contributed by atoms with E-state index in [-0.39, 0.29) is 5.78 Å². The van der Waals surface area contributed by atoms with E-state index in [0.29, 0.717) is 5.56 Å². The number of carbonyl (C=O) groups excluding carboxylic acids is 2. The Bertz CT molecular complexity index is 1070. The zero-order valence-electron chi connectivity index (χ0n) is 21.9. The van der Waals surface area contributed by atoms with Gasteiger partial charge in [-0.25, -0.2) is 0 Å². The molecule has 0 N–H and O–H groups in total. The second kappa shape index (κ2) is 14.0. The molecular weight excluding hydrogens is 432 g/mol. The number of rotatable bonds is 16. The molecular formula is C31H42N2O2. The van der Waals surface area contributed by atoms with Crippen LogP contribution in [0.4, 0.5) is 0 Å². The Kier molecular flexibility index (Phi) is 10.7. The van der Waals surface area contributed by atoms with E-state index in [9.17, 15) is 9.59 Å². The molecule has 2 aromatic heterocycles. The van der Waals surface area contributed by atoms with Gasteiger partial charge in [0.15, 0.2) is 0 Å². The highest BCUT2D eigenvalue weighted by atomic mass is 16.1. The van der Waals surface area contributed by atoms with E-state index in [1.54, 1.807) is 6.07 Å². The summed E-state index contributed by atoms with van der Waals surface area (Å²) in [4.78, 5) is 27.4. The first-order valence-electron chi connectivity index (χ1n) is 13.6. The fourth-order valence-electron chi connectivity index (χ4n) is 4.70. The third-order valence-electron chi connectivity index (χ3n) is 6.84. The second-order valence-electron chi connectivity index (χ2n) is 9.67. The van der Waals surface area contributed by atoms with E-state index in [1.165, 1.54) is 44.3 Å². The van der Waals surface area contributed by atoms with Gasteiger partial charge in [-0.2, -0.15) is 0 Å². The Morgan fingerprint density at radius 1 is 0.829 bits per heavy atom. The van der Waals surface area contributed by atoms with Crippen molar-refractivity contribution in [1.29, 1.82) is 0 Å². The first-order valence-corrected chi connectivity index (χ1v) is 13.6. The maximum absolute atomic E-state index is 13.6. The minimum Gasteiger partial charge on any atom is -0.313 e. The largest absolute Gasteiger partial charge is 0.313 e. The lowest BCUT2D eigenvalue weighted by Crippen LogP contribution is -2.27. The summed E-state index contributed by atoms with van der Waals surface area (Å²) in [5.41, 5.74) is 5.32. The van der Waals surface area contributed by atoms with Gasteiger partial charge in [0.25, 0.3) is 0 Å². The molecule has 0 unspecified atom stereocenters. The van der Waals surface area contributed by atoms with Crippen molar-refractivity contribution in [2.45, 2.75) is 78.6 Å². The van der Waals surface area contributed by atoms with Crippen molar-refractivity contribution in [2.24, 2.45) is 0 Å². The van der Waals surface area contributed by atoms with Crippen LogP contribution in [0.3, 0.4) is 0 Å². The molecule has 4 nitrogen and oxygen atoms in total. The van der Waals surface area contributed by atoms with Gasteiger partial charge in [-0.05, 0) is 87.5 Å². The molecule has 0 bridgehead atoms. The predicted octanol–water partition coefficient (Wildman–Crippen LogP) is 7.16. The fraction of sp³-hybridized carbons (Fsp3) is 0.484. The Morgan fingerprint density at radius 3 is 2.11 bits per heavy atom. The van der Waals surface area contributed by atoms with Crippen molar-refractivity contribution in [1.82, 2.24) is 9.30 Å². The van der Waals surface area contributed by atoms with Crippen LogP contribution in [-0.2, 0) is 12.8 Å². The van der Waals surface area contributed by atoms with Gasteiger partial charge in [-0.1, -0.05) is 64.3 Å². The quantitative estimate of drug-likeness (QED) is 0.163. The third kappa shape index (κ3) is 7.38. The molecule has 1 aromatic carbocycles. The number of carbonyl (C=O) groups is 2. The van der Waals surface area contributed by atoms with Gasteiger partial charge in [0.1, 0.15) is 6.29 Å². The maximum Gasteiger partial charge on any atom is 0.210 e. The Morgan fingerprint density at radius 2 is 1.49 bits per heavy atom. The number of aryl methyl sites for hydroxylation is 2. The average Bonchev–Trinajstić information content (AvgIpc) is 3.25. The molecule has 0 aliphatic heterocycles. The number of unbranched alkanes of at least 4 members (excludes halogenated alkanes) is 3. The molecule has 0 atom stereocenters. The highest BCUT2D eigenvalue weighted by Gasteiger charge is 2.19. The van der Waals surface area contributed by atoms with Crippen molar-refractivity contribution in [3.8, 4) is 0 Å². The SMILES string of the molecule is CCCCc1cc2cc(C=O)ccn2c1C(=O)c1ccc(CCCN(CCCC)CCCC)cc1. The van der Waals surface area contributed by atoms with Crippen LogP contribution in [0.5, 0.6) is 0 Å². The van der Waals surface area contributed by atoms with Crippen molar-refractivity contribution < 1.29 is 9.59 Å². The number of fused-ring (bicyclic) bond motifs is 1. The van der Waals surface area contributed by atoms with Crippen LogP contribution < -0.4 is 0 Å². The molecule has 2 heterocycles. The van der Waals surface area contributed by atoms with Crippen LogP contribution >= 0.6 is 0 Å². The number of hydrogen-bond acceptors (Lipinski definition) is 3. The molecule has 0 saturated heterocycles. The van der Waals surface area contributed by atoms with Crippen LogP contribution in [0.25, 0.3) is 5.52 Å². The monoisotopic (exact) mass is 474 g/mol. The minimum atomic E-state index is 0.0480.